The minimum atomic E-state index is -5.22. The third-order valence-corrected chi connectivity index (χ3v) is 9.00. The molecule has 42 heavy (non-hydrogen) atoms. The van der Waals surface area contributed by atoms with Gasteiger partial charge in [0.15, 0.2) is 5.65 Å². The van der Waals surface area contributed by atoms with Gasteiger partial charge in [-0.15, -0.1) is 0 Å². The fraction of sp³-hybridized carbons (Fsp3) is 0.444. The van der Waals surface area contributed by atoms with E-state index in [-0.39, 0.29) is 29.4 Å². The molecule has 1 saturated heterocycles. The second-order valence-electron chi connectivity index (χ2n) is 10.8. The first-order chi connectivity index (χ1) is 19.6. The number of anilines is 1. The highest BCUT2D eigenvalue weighted by atomic mass is 32.2. The van der Waals surface area contributed by atoms with E-state index in [9.17, 15) is 27.0 Å². The van der Waals surface area contributed by atoms with E-state index in [0.717, 1.165) is 22.9 Å². The maximum absolute atomic E-state index is 12.9. The van der Waals surface area contributed by atoms with Crippen molar-refractivity contribution in [3.63, 3.8) is 0 Å². The smallest absolute Gasteiger partial charge is 0.363 e. The normalized spacial score (nSPS) is 20.5. The summed E-state index contributed by atoms with van der Waals surface area (Å²) in [5.74, 6) is -2.89. The summed E-state index contributed by atoms with van der Waals surface area (Å²) in [5, 5.41) is 0. The molecular formula is C27H31F3N8O3S. The zero-order valence-electron chi connectivity index (χ0n) is 23.7. The molecule has 1 fully saturated rings. The van der Waals surface area contributed by atoms with Crippen LogP contribution in [0.5, 0.6) is 0 Å². The van der Waals surface area contributed by atoms with Gasteiger partial charge in [-0.05, 0) is 38.5 Å². The predicted molar refractivity (Wildman–Crippen MR) is 153 cm³/mol. The van der Waals surface area contributed by atoms with Gasteiger partial charge in [-0.2, -0.15) is 17.5 Å². The van der Waals surface area contributed by atoms with Crippen LogP contribution in [0.2, 0.25) is 0 Å². The number of amides is 1. The van der Waals surface area contributed by atoms with Crippen LogP contribution in [0.25, 0.3) is 16.7 Å². The molecule has 0 N–H and O–H groups in total. The molecule has 2 unspecified atom stereocenters. The Labute approximate surface area is 240 Å². The molecule has 224 valence electrons. The largest absolute Gasteiger partial charge is 0.474 e. The molecule has 1 aliphatic heterocycles. The number of carbonyl (C=O) groups is 1. The number of imidazole rings is 1. The van der Waals surface area contributed by atoms with Gasteiger partial charge in [0, 0.05) is 63.0 Å². The Morgan fingerprint density at radius 3 is 2.50 bits per heavy atom. The van der Waals surface area contributed by atoms with Crippen molar-refractivity contribution < 1.29 is 22.2 Å². The van der Waals surface area contributed by atoms with Crippen LogP contribution in [0.4, 0.5) is 18.9 Å². The lowest BCUT2D eigenvalue weighted by atomic mass is 10.00. The Morgan fingerprint density at radius 1 is 1.12 bits per heavy atom. The molecule has 4 heterocycles. The van der Waals surface area contributed by atoms with Crippen molar-refractivity contribution in [2.24, 2.45) is 11.4 Å². The van der Waals surface area contributed by atoms with Crippen LogP contribution in [-0.4, -0.2) is 76.8 Å². The molecule has 0 saturated carbocycles. The number of piperazine rings is 1. The molecule has 15 heteroatoms. The van der Waals surface area contributed by atoms with Gasteiger partial charge in [-0.3, -0.25) is 24.5 Å². The fourth-order valence-electron chi connectivity index (χ4n) is 5.48. The average molecular weight is 605 g/mol. The number of hydrogen-bond donors (Lipinski definition) is 0. The maximum Gasteiger partial charge on any atom is 0.474 e. The van der Waals surface area contributed by atoms with Crippen molar-refractivity contribution in [2.45, 2.75) is 50.8 Å². The quantitative estimate of drug-likeness (QED) is 0.341. The van der Waals surface area contributed by atoms with Gasteiger partial charge in [-0.1, -0.05) is 6.07 Å². The summed E-state index contributed by atoms with van der Waals surface area (Å²) < 4.78 is 56.6. The molecule has 0 bridgehead atoms. The molecule has 1 aromatic carbocycles. The Hall–Kier alpha value is -3.85. The van der Waals surface area contributed by atoms with E-state index in [1.165, 1.54) is 28.5 Å². The number of halogens is 3. The van der Waals surface area contributed by atoms with Crippen LogP contribution in [-0.2, 0) is 27.3 Å². The number of hydrogen-bond acceptors (Lipinski definition) is 8. The molecule has 3 aromatic heterocycles. The van der Waals surface area contributed by atoms with Crippen molar-refractivity contribution in [1.29, 1.82) is 0 Å². The third-order valence-electron chi connectivity index (χ3n) is 7.62. The van der Waals surface area contributed by atoms with Crippen molar-refractivity contribution in [1.82, 2.24) is 29.0 Å². The van der Waals surface area contributed by atoms with E-state index in [4.69, 9.17) is 0 Å². The van der Waals surface area contributed by atoms with E-state index < -0.39 is 27.6 Å². The van der Waals surface area contributed by atoms with Crippen LogP contribution in [0, 0.1) is 0 Å². The Morgan fingerprint density at radius 2 is 1.81 bits per heavy atom. The highest BCUT2D eigenvalue weighted by Crippen LogP contribution is 2.32. The minimum Gasteiger partial charge on any atom is -0.363 e. The third kappa shape index (κ3) is 5.75. The first-order valence-corrected chi connectivity index (χ1v) is 15.4. The standard InChI is InChI=1S/C27H31F3N8O3S/c1-16-13-37(17(2)12-36(16)18(3)19-6-7-21-22(10-19)32-9-8-31-21)23-11-24(39)35(4)38-14-20(33-25(23)38)15-42(5,41)34-26(40)27(28,29)30/h6-11,14,16-18H,12-13,15H2,1-5H3/t16-,17+,18?,42?/m1/s1. The highest BCUT2D eigenvalue weighted by molar-refractivity contribution is 7.92. The number of fused-ring (bicyclic) bond motifs is 2. The summed E-state index contributed by atoms with van der Waals surface area (Å²) in [7, 11) is -2.06. The fourth-order valence-corrected chi connectivity index (χ4v) is 6.68. The number of aryl methyl sites for hydroxylation is 1. The summed E-state index contributed by atoms with van der Waals surface area (Å²) in [6, 6.07) is 7.68. The highest BCUT2D eigenvalue weighted by Gasteiger charge is 2.39. The first-order valence-electron chi connectivity index (χ1n) is 13.3. The van der Waals surface area contributed by atoms with Gasteiger partial charge in [0.2, 0.25) is 0 Å². The van der Waals surface area contributed by atoms with Crippen LogP contribution in [0.1, 0.15) is 38.1 Å². The van der Waals surface area contributed by atoms with E-state index in [0.29, 0.717) is 24.4 Å². The Bertz CT molecular complexity index is 1860. The number of rotatable bonds is 5. The molecule has 11 nitrogen and oxygen atoms in total. The maximum atomic E-state index is 12.9. The van der Waals surface area contributed by atoms with Gasteiger partial charge in [0.1, 0.15) is 0 Å². The van der Waals surface area contributed by atoms with Gasteiger partial charge in [-0.25, -0.2) is 18.4 Å². The van der Waals surface area contributed by atoms with Crippen molar-refractivity contribution in [3.05, 3.63) is 64.5 Å². The van der Waals surface area contributed by atoms with Crippen LogP contribution < -0.4 is 10.5 Å². The first kappa shape index (κ1) is 29.6. The van der Waals surface area contributed by atoms with Gasteiger partial charge >= 0.3 is 12.1 Å². The Balaban J connectivity index is 1.44. The number of benzene rings is 1. The zero-order valence-corrected chi connectivity index (χ0v) is 24.6. The lowest BCUT2D eigenvalue weighted by Gasteiger charge is -2.47. The van der Waals surface area contributed by atoms with Crippen LogP contribution in [0.3, 0.4) is 0 Å². The second kappa shape index (κ2) is 10.8. The van der Waals surface area contributed by atoms with Crippen molar-refractivity contribution >= 4 is 38.0 Å². The average Bonchev–Trinajstić information content (AvgIpc) is 3.33. The van der Waals surface area contributed by atoms with E-state index >= 15 is 0 Å². The molecule has 0 spiro atoms. The summed E-state index contributed by atoms with van der Waals surface area (Å²) in [6.07, 6.45) is 0.528. The van der Waals surface area contributed by atoms with Gasteiger partial charge in [0.25, 0.3) is 5.56 Å². The topological polar surface area (TPSA) is 118 Å². The monoisotopic (exact) mass is 604 g/mol. The molecule has 5 rings (SSSR count). The lowest BCUT2D eigenvalue weighted by molar-refractivity contribution is -0.169. The summed E-state index contributed by atoms with van der Waals surface area (Å²) in [4.78, 5) is 42.0. The number of nitrogens with zero attached hydrogens (tertiary/aromatic N) is 8. The summed E-state index contributed by atoms with van der Waals surface area (Å²) in [5.41, 5.74) is 3.54. The van der Waals surface area contributed by atoms with Crippen molar-refractivity contribution in [2.75, 3.05) is 24.2 Å². The van der Waals surface area contributed by atoms with Gasteiger partial charge < -0.3 is 4.90 Å². The van der Waals surface area contributed by atoms with E-state index in [1.54, 1.807) is 12.4 Å². The SMILES string of the molecule is CC(c1ccc2nccnc2c1)N1C[C@H](C)N(c2cc(=O)n(C)n3cc(CS(C)(=O)=NC(=O)C(F)(F)F)nc23)C[C@H]1C. The molecule has 0 aliphatic carbocycles. The number of carbonyl (C=O) groups excluding carboxylic acids is 1. The van der Waals surface area contributed by atoms with Gasteiger partial charge in [0.05, 0.1) is 44.1 Å². The van der Waals surface area contributed by atoms with E-state index in [2.05, 4.69) is 56.0 Å². The van der Waals surface area contributed by atoms with Crippen molar-refractivity contribution in [3.8, 4) is 0 Å². The molecule has 1 amide bonds. The minimum absolute atomic E-state index is 0.0326. The van der Waals surface area contributed by atoms with Crippen LogP contribution >= 0.6 is 0 Å². The molecule has 4 aromatic rings. The molecule has 0 radical (unpaired) electrons. The Kier molecular flexibility index (Phi) is 7.60. The zero-order chi connectivity index (χ0) is 30.6. The van der Waals surface area contributed by atoms with E-state index in [1.807, 2.05) is 12.1 Å². The summed E-state index contributed by atoms with van der Waals surface area (Å²) in [6.45, 7) is 7.55. The van der Waals surface area contributed by atoms with Crippen LogP contribution in [0.15, 0.2) is 52.0 Å². The number of aromatic nitrogens is 5. The second-order valence-corrected chi connectivity index (χ2v) is 13.2. The lowest BCUT2D eigenvalue weighted by Crippen LogP contribution is -2.57. The number of alkyl halides is 3. The molecular weight excluding hydrogens is 573 g/mol. The molecule has 1 aliphatic rings. The predicted octanol–water partition coefficient (Wildman–Crippen LogP) is 3.32. The molecule has 4 atom stereocenters. The summed E-state index contributed by atoms with van der Waals surface area (Å²) >= 11 is 0.